The van der Waals surface area contributed by atoms with Crippen molar-refractivity contribution in [2.75, 3.05) is 36.6 Å². The fraction of sp³-hybridized carbons (Fsp3) is 0.357. The summed E-state index contributed by atoms with van der Waals surface area (Å²) in [5.74, 6) is 1.95. The highest BCUT2D eigenvalue weighted by molar-refractivity contribution is 7.91. The van der Waals surface area contributed by atoms with Gasteiger partial charge in [0.05, 0.1) is 39.7 Å². The molecule has 0 amide bonds. The number of pyridine rings is 2. The lowest BCUT2D eigenvalue weighted by Crippen LogP contribution is -2.61. The number of benzene rings is 1. The molecule has 41 heavy (non-hydrogen) atoms. The van der Waals surface area contributed by atoms with E-state index < -0.39 is 15.9 Å². The summed E-state index contributed by atoms with van der Waals surface area (Å²) in [6, 6.07) is 7.61. The summed E-state index contributed by atoms with van der Waals surface area (Å²) in [7, 11) is -1.48. The van der Waals surface area contributed by atoms with E-state index in [0.717, 1.165) is 11.8 Å². The quantitative estimate of drug-likeness (QED) is 0.305. The molecule has 0 unspecified atom stereocenters. The minimum Gasteiger partial charge on any atom is -0.493 e. The summed E-state index contributed by atoms with van der Waals surface area (Å²) in [5.41, 5.74) is 2.70. The van der Waals surface area contributed by atoms with Crippen molar-refractivity contribution >= 4 is 49.8 Å². The van der Waals surface area contributed by atoms with Crippen LogP contribution in [0.3, 0.4) is 0 Å². The number of halogens is 2. The summed E-state index contributed by atoms with van der Waals surface area (Å²) < 4.78 is 36.2. The van der Waals surface area contributed by atoms with E-state index >= 15 is 0 Å². The second-order valence-electron chi connectivity index (χ2n) is 10.7. The van der Waals surface area contributed by atoms with Gasteiger partial charge in [0.2, 0.25) is 0 Å². The molecule has 10 nitrogen and oxygen atoms in total. The zero-order valence-electron chi connectivity index (χ0n) is 22.3. The molecular weight excluding hydrogens is 587 g/mol. The standard InChI is InChI=1S/C28H26Cl2N6O4S/c1-16(25-20(29)11-32-12-21(25)30)40-24-7-19-22(8-23(24)39-2)34-35-26(19)18-6-17(9-31)27(33-10-18)36-13-28(14-36)4-3-5-41(37,38)15-28/h6-8,10-12,16H,3-5,13-15H2,1-2H3,(H,34,35)/t16-/m1/s1. The van der Waals surface area contributed by atoms with Gasteiger partial charge in [0.25, 0.3) is 0 Å². The Kier molecular flexibility index (Phi) is 6.96. The van der Waals surface area contributed by atoms with Crippen LogP contribution in [0.15, 0.2) is 36.8 Å². The van der Waals surface area contributed by atoms with Gasteiger partial charge in [-0.25, -0.2) is 13.4 Å². The molecule has 2 aliphatic rings. The number of methoxy groups -OCH3 is 1. The van der Waals surface area contributed by atoms with Gasteiger partial charge in [-0.15, -0.1) is 0 Å². The molecule has 212 valence electrons. The Hall–Kier alpha value is -3.59. The first kappa shape index (κ1) is 27.6. The summed E-state index contributed by atoms with van der Waals surface area (Å²) in [6.45, 7) is 2.98. The monoisotopic (exact) mass is 612 g/mol. The first-order valence-electron chi connectivity index (χ1n) is 13.0. The van der Waals surface area contributed by atoms with Gasteiger partial charge in [0.1, 0.15) is 23.7 Å². The molecule has 3 aromatic heterocycles. The average Bonchev–Trinajstić information content (AvgIpc) is 3.33. The molecule has 13 heteroatoms. The number of nitrogens with one attached hydrogen (secondary N) is 1. The number of ether oxygens (including phenoxy) is 2. The summed E-state index contributed by atoms with van der Waals surface area (Å²) in [4.78, 5) is 10.6. The maximum atomic E-state index is 12.2. The van der Waals surface area contributed by atoms with Crippen LogP contribution >= 0.6 is 23.2 Å². The number of fused-ring (bicyclic) bond motifs is 1. The molecular formula is C28H26Cl2N6O4S. The predicted molar refractivity (Wildman–Crippen MR) is 156 cm³/mol. The fourth-order valence-corrected chi connectivity index (χ4v) is 8.58. The van der Waals surface area contributed by atoms with E-state index in [4.69, 9.17) is 32.7 Å². The number of aromatic amines is 1. The number of hydrogen-bond donors (Lipinski definition) is 1. The molecule has 0 radical (unpaired) electrons. The van der Waals surface area contributed by atoms with Crippen molar-refractivity contribution in [3.63, 3.8) is 0 Å². The topological polar surface area (TPSA) is 134 Å². The van der Waals surface area contributed by atoms with Crippen LogP contribution in [0.2, 0.25) is 10.0 Å². The van der Waals surface area contributed by atoms with Crippen LogP contribution in [0.5, 0.6) is 11.5 Å². The molecule has 1 N–H and O–H groups in total. The van der Waals surface area contributed by atoms with Gasteiger partial charge in [-0.3, -0.25) is 10.1 Å². The summed E-state index contributed by atoms with van der Waals surface area (Å²) in [6.07, 6.45) is 5.74. The Bertz CT molecular complexity index is 1790. The van der Waals surface area contributed by atoms with E-state index in [1.807, 2.05) is 17.9 Å². The van der Waals surface area contributed by atoms with Crippen molar-refractivity contribution in [2.24, 2.45) is 5.41 Å². The maximum absolute atomic E-state index is 12.2. The minimum absolute atomic E-state index is 0.196. The van der Waals surface area contributed by atoms with Crippen molar-refractivity contribution in [3.05, 3.63) is 58.0 Å². The molecule has 0 saturated carbocycles. The number of anilines is 1. The Labute approximate surface area is 247 Å². The highest BCUT2D eigenvalue weighted by Gasteiger charge is 2.48. The first-order chi connectivity index (χ1) is 19.6. The highest BCUT2D eigenvalue weighted by Crippen LogP contribution is 2.44. The third kappa shape index (κ3) is 5.05. The summed E-state index contributed by atoms with van der Waals surface area (Å²) >= 11 is 12.7. The van der Waals surface area contributed by atoms with E-state index in [1.54, 1.807) is 25.4 Å². The number of hydrogen-bond acceptors (Lipinski definition) is 9. The third-order valence-corrected chi connectivity index (χ3v) is 10.3. The van der Waals surface area contributed by atoms with Gasteiger partial charge in [-0.2, -0.15) is 10.4 Å². The molecule has 5 heterocycles. The second kappa shape index (κ2) is 10.4. The lowest BCUT2D eigenvalue weighted by Gasteiger charge is -2.52. The predicted octanol–water partition coefficient (Wildman–Crippen LogP) is 5.36. The van der Waals surface area contributed by atoms with E-state index in [0.29, 0.717) is 74.8 Å². The number of nitrogens with zero attached hydrogens (tertiary/aromatic N) is 5. The maximum Gasteiger partial charge on any atom is 0.162 e. The van der Waals surface area contributed by atoms with Crippen LogP contribution in [0.1, 0.15) is 37.0 Å². The number of H-pyrrole nitrogens is 1. The van der Waals surface area contributed by atoms with Crippen LogP contribution in [-0.4, -0.2) is 60.3 Å². The fourth-order valence-electron chi connectivity index (χ4n) is 5.92. The van der Waals surface area contributed by atoms with Crippen molar-refractivity contribution in [1.82, 2.24) is 20.2 Å². The lowest BCUT2D eigenvalue weighted by atomic mass is 9.77. The molecule has 0 aliphatic carbocycles. The number of nitriles is 1. The Morgan fingerprint density at radius 2 is 1.90 bits per heavy atom. The zero-order valence-corrected chi connectivity index (χ0v) is 24.6. The normalized spacial score (nSPS) is 18.1. The lowest BCUT2D eigenvalue weighted by molar-refractivity contribution is 0.215. The molecule has 0 bridgehead atoms. The molecule has 2 saturated heterocycles. The second-order valence-corrected chi connectivity index (χ2v) is 13.7. The SMILES string of the molecule is COc1cc2[nH]nc(-c3cnc(N4CC5(CCCS(=O)(=O)C5)C4)c(C#N)c3)c2cc1O[C@H](C)c1c(Cl)cncc1Cl. The minimum atomic E-state index is -3.03. The first-order valence-corrected chi connectivity index (χ1v) is 15.6. The van der Waals surface area contributed by atoms with E-state index in [2.05, 4.69) is 26.2 Å². The van der Waals surface area contributed by atoms with Crippen LogP contribution < -0.4 is 14.4 Å². The van der Waals surface area contributed by atoms with E-state index in [1.165, 1.54) is 12.4 Å². The molecule has 1 atom stereocenters. The van der Waals surface area contributed by atoms with Crippen molar-refractivity contribution in [2.45, 2.75) is 25.9 Å². The Morgan fingerprint density at radius 1 is 1.15 bits per heavy atom. The van der Waals surface area contributed by atoms with Crippen LogP contribution in [0.25, 0.3) is 22.2 Å². The van der Waals surface area contributed by atoms with Crippen molar-refractivity contribution in [3.8, 4) is 28.8 Å². The van der Waals surface area contributed by atoms with E-state index in [9.17, 15) is 13.7 Å². The van der Waals surface area contributed by atoms with Crippen molar-refractivity contribution in [1.29, 1.82) is 5.26 Å². The molecule has 1 aromatic carbocycles. The molecule has 4 aromatic rings. The van der Waals surface area contributed by atoms with Gasteiger partial charge in [0, 0.05) is 59.7 Å². The smallest absolute Gasteiger partial charge is 0.162 e. The molecule has 1 spiro atoms. The Morgan fingerprint density at radius 3 is 2.59 bits per heavy atom. The summed E-state index contributed by atoms with van der Waals surface area (Å²) in [5, 5.41) is 19.0. The van der Waals surface area contributed by atoms with Gasteiger partial charge in [0.15, 0.2) is 21.3 Å². The molecule has 6 rings (SSSR count). The molecule has 2 fully saturated rings. The van der Waals surface area contributed by atoms with Gasteiger partial charge in [-0.1, -0.05) is 23.2 Å². The Balaban J connectivity index is 1.30. The van der Waals surface area contributed by atoms with Crippen molar-refractivity contribution < 1.29 is 17.9 Å². The van der Waals surface area contributed by atoms with Gasteiger partial charge >= 0.3 is 0 Å². The van der Waals surface area contributed by atoms with E-state index in [-0.39, 0.29) is 16.9 Å². The van der Waals surface area contributed by atoms with Crippen LogP contribution in [0, 0.1) is 16.7 Å². The largest absolute Gasteiger partial charge is 0.493 e. The third-order valence-electron chi connectivity index (χ3n) is 7.75. The average molecular weight is 614 g/mol. The van der Waals surface area contributed by atoms with Crippen LogP contribution in [-0.2, 0) is 9.84 Å². The zero-order chi connectivity index (χ0) is 28.9. The number of aromatic nitrogens is 4. The number of sulfone groups is 1. The molecule has 2 aliphatic heterocycles. The van der Waals surface area contributed by atoms with Gasteiger partial charge in [-0.05, 0) is 31.9 Å². The number of rotatable bonds is 6. The van der Waals surface area contributed by atoms with Gasteiger partial charge < -0.3 is 14.4 Å². The highest BCUT2D eigenvalue weighted by atomic mass is 35.5. The van der Waals surface area contributed by atoms with Crippen LogP contribution in [0.4, 0.5) is 5.82 Å².